The molecule has 0 fully saturated rings. The highest BCUT2D eigenvalue weighted by molar-refractivity contribution is 9.09. The highest BCUT2D eigenvalue weighted by Crippen LogP contribution is 2.23. The predicted molar refractivity (Wildman–Crippen MR) is 52.1 cm³/mol. The predicted octanol–water partition coefficient (Wildman–Crippen LogP) is 2.80. The molecule has 1 aromatic rings. The number of alkyl halides is 1. The van der Waals surface area contributed by atoms with Crippen LogP contribution < -0.4 is 0 Å². The summed E-state index contributed by atoms with van der Waals surface area (Å²) in [6, 6.07) is 5.66. The number of benzene rings is 1. The molecule has 1 aromatic carbocycles. The molecule has 0 aromatic heterocycles. The van der Waals surface area contributed by atoms with E-state index in [1.807, 2.05) is 6.92 Å². The van der Waals surface area contributed by atoms with Crippen LogP contribution in [0.2, 0.25) is 0 Å². The molecule has 2 nitrogen and oxygen atoms in total. The van der Waals surface area contributed by atoms with E-state index in [0.717, 1.165) is 5.56 Å². The minimum absolute atomic E-state index is 0.129. The second-order valence-electron chi connectivity index (χ2n) is 2.62. The quantitative estimate of drug-likeness (QED) is 0.610. The van der Waals surface area contributed by atoms with Gasteiger partial charge < -0.3 is 0 Å². The van der Waals surface area contributed by atoms with Crippen molar-refractivity contribution in [2.75, 3.05) is 0 Å². The van der Waals surface area contributed by atoms with Gasteiger partial charge in [0.05, 0.1) is 4.90 Å². The lowest BCUT2D eigenvalue weighted by Crippen LogP contribution is -1.92. The third kappa shape index (κ3) is 2.77. The Kier molecular flexibility index (Phi) is 3.08. The Morgan fingerprint density at radius 2 is 1.77 bits per heavy atom. The monoisotopic (exact) mass is 266 g/mol. The molecule has 5 heteroatoms. The fourth-order valence-corrected chi connectivity index (χ4v) is 1.66. The summed E-state index contributed by atoms with van der Waals surface area (Å²) in [6.07, 6.45) is 0. The Morgan fingerprint density at radius 1 is 1.31 bits per heavy atom. The highest BCUT2D eigenvalue weighted by atomic mass is 79.9. The summed E-state index contributed by atoms with van der Waals surface area (Å²) >= 11 is 3.31. The van der Waals surface area contributed by atoms with Crippen LogP contribution >= 0.6 is 15.9 Å². The zero-order valence-corrected chi connectivity index (χ0v) is 9.27. The zero-order valence-electron chi connectivity index (χ0n) is 6.87. The molecule has 72 valence electrons. The molecule has 0 radical (unpaired) electrons. The summed E-state index contributed by atoms with van der Waals surface area (Å²) in [4.78, 5) is -0.173. The van der Waals surface area contributed by atoms with E-state index in [1.54, 1.807) is 12.1 Å². The van der Waals surface area contributed by atoms with Gasteiger partial charge in [0.15, 0.2) is 0 Å². The second-order valence-corrected chi connectivity index (χ2v) is 5.34. The van der Waals surface area contributed by atoms with E-state index >= 15 is 0 Å². The van der Waals surface area contributed by atoms with Gasteiger partial charge in [0.2, 0.25) is 0 Å². The molecule has 0 aliphatic rings. The van der Waals surface area contributed by atoms with Crippen molar-refractivity contribution >= 4 is 26.2 Å². The molecule has 1 unspecified atom stereocenters. The highest BCUT2D eigenvalue weighted by Gasteiger charge is 2.11. The van der Waals surface area contributed by atoms with Crippen LogP contribution in [0.5, 0.6) is 0 Å². The largest absolute Gasteiger partial charge is 0.332 e. The topological polar surface area (TPSA) is 34.1 Å². The molecule has 1 atom stereocenters. The molecule has 0 N–H and O–H groups in total. The molecule has 0 heterocycles. The Balaban J connectivity index is 3.08. The molecule has 0 amide bonds. The molecule has 1 rings (SSSR count). The maximum Gasteiger partial charge on any atom is 0.332 e. The van der Waals surface area contributed by atoms with Gasteiger partial charge in [-0.3, -0.25) is 0 Å². The van der Waals surface area contributed by atoms with Crippen LogP contribution in [0, 0.1) is 0 Å². The molecule has 0 bridgehead atoms. The van der Waals surface area contributed by atoms with Crippen molar-refractivity contribution in [3.63, 3.8) is 0 Å². The van der Waals surface area contributed by atoms with Gasteiger partial charge in [0, 0.05) is 4.83 Å². The number of hydrogen-bond acceptors (Lipinski definition) is 2. The van der Waals surface area contributed by atoms with Crippen molar-refractivity contribution < 1.29 is 12.3 Å². The molecule has 13 heavy (non-hydrogen) atoms. The summed E-state index contributed by atoms with van der Waals surface area (Å²) in [5, 5.41) is 0. The molecule has 0 aliphatic heterocycles. The van der Waals surface area contributed by atoms with Crippen molar-refractivity contribution in [2.45, 2.75) is 16.6 Å². The van der Waals surface area contributed by atoms with Crippen LogP contribution in [0.3, 0.4) is 0 Å². The van der Waals surface area contributed by atoms with Crippen LogP contribution in [0.1, 0.15) is 17.3 Å². The lowest BCUT2D eigenvalue weighted by molar-refractivity contribution is 0.552. The van der Waals surface area contributed by atoms with Gasteiger partial charge in [0.25, 0.3) is 0 Å². The molecular formula is C8H8BrFO2S. The van der Waals surface area contributed by atoms with Crippen molar-refractivity contribution in [3.8, 4) is 0 Å². The minimum Gasteiger partial charge on any atom is -0.189 e. The van der Waals surface area contributed by atoms with E-state index in [-0.39, 0.29) is 9.72 Å². The van der Waals surface area contributed by atoms with Crippen LogP contribution in [0.25, 0.3) is 0 Å². The normalized spacial score (nSPS) is 14.1. The third-order valence-electron chi connectivity index (χ3n) is 1.62. The van der Waals surface area contributed by atoms with Crippen LogP contribution in [0.15, 0.2) is 29.2 Å². The van der Waals surface area contributed by atoms with Crippen LogP contribution in [-0.2, 0) is 10.2 Å². The summed E-state index contributed by atoms with van der Waals surface area (Å²) < 4.78 is 33.3. The summed E-state index contributed by atoms with van der Waals surface area (Å²) in [6.45, 7) is 1.90. The van der Waals surface area contributed by atoms with E-state index in [4.69, 9.17) is 0 Å². The molecular weight excluding hydrogens is 259 g/mol. The number of halogens is 2. The Bertz CT molecular complexity index is 383. The zero-order chi connectivity index (χ0) is 10.1. The first-order chi connectivity index (χ1) is 5.91. The summed E-state index contributed by atoms with van der Waals surface area (Å²) in [5.74, 6) is 0. The van der Waals surface area contributed by atoms with Crippen molar-refractivity contribution in [1.29, 1.82) is 0 Å². The van der Waals surface area contributed by atoms with Crippen LogP contribution in [0.4, 0.5) is 3.89 Å². The first kappa shape index (κ1) is 10.7. The Labute approximate surface area is 85.1 Å². The van der Waals surface area contributed by atoms with Gasteiger partial charge in [-0.25, -0.2) is 0 Å². The number of hydrogen-bond donors (Lipinski definition) is 0. The van der Waals surface area contributed by atoms with E-state index in [1.165, 1.54) is 12.1 Å². The van der Waals surface area contributed by atoms with Crippen molar-refractivity contribution in [3.05, 3.63) is 29.8 Å². The average Bonchev–Trinajstić information content (AvgIpc) is 2.03. The van der Waals surface area contributed by atoms with Gasteiger partial charge >= 0.3 is 10.2 Å². The van der Waals surface area contributed by atoms with E-state index in [0.29, 0.717) is 0 Å². The molecule has 0 aliphatic carbocycles. The molecule has 0 saturated carbocycles. The Hall–Kier alpha value is -0.420. The van der Waals surface area contributed by atoms with Gasteiger partial charge in [-0.05, 0) is 24.6 Å². The van der Waals surface area contributed by atoms with Crippen molar-refractivity contribution in [2.24, 2.45) is 0 Å². The van der Waals surface area contributed by atoms with Gasteiger partial charge in [-0.2, -0.15) is 8.42 Å². The fourth-order valence-electron chi connectivity index (χ4n) is 0.896. The maximum atomic E-state index is 12.4. The van der Waals surface area contributed by atoms with E-state index in [2.05, 4.69) is 15.9 Å². The average molecular weight is 267 g/mol. The number of rotatable bonds is 2. The lowest BCUT2D eigenvalue weighted by Gasteiger charge is -2.02. The van der Waals surface area contributed by atoms with Crippen molar-refractivity contribution in [1.82, 2.24) is 0 Å². The van der Waals surface area contributed by atoms with E-state index in [9.17, 15) is 12.3 Å². The van der Waals surface area contributed by atoms with E-state index < -0.39 is 10.2 Å². The van der Waals surface area contributed by atoms with Crippen LogP contribution in [-0.4, -0.2) is 8.42 Å². The lowest BCUT2D eigenvalue weighted by atomic mass is 10.2. The Morgan fingerprint density at radius 3 is 2.08 bits per heavy atom. The summed E-state index contributed by atoms with van der Waals surface area (Å²) in [7, 11) is -4.56. The van der Waals surface area contributed by atoms with Gasteiger partial charge in [-0.15, -0.1) is 3.89 Å². The molecule has 0 spiro atoms. The molecule has 0 saturated heterocycles. The van der Waals surface area contributed by atoms with Gasteiger partial charge in [0.1, 0.15) is 0 Å². The minimum atomic E-state index is -4.56. The maximum absolute atomic E-state index is 12.4. The van der Waals surface area contributed by atoms with Gasteiger partial charge in [-0.1, -0.05) is 28.1 Å². The third-order valence-corrected chi connectivity index (χ3v) is 2.98. The standard InChI is InChI=1S/C8H8BrFO2S/c1-6(9)7-2-4-8(5-3-7)13(10,11)12/h2-6H,1H3. The first-order valence-electron chi connectivity index (χ1n) is 3.60. The summed E-state index contributed by atoms with van der Waals surface area (Å²) in [5.41, 5.74) is 0.910. The first-order valence-corrected chi connectivity index (χ1v) is 5.90. The smallest absolute Gasteiger partial charge is 0.189 e. The SMILES string of the molecule is CC(Br)c1ccc(S(=O)(=O)F)cc1. The fraction of sp³-hybridized carbons (Fsp3) is 0.250. The second kappa shape index (κ2) is 3.75.